The molecule has 3 heterocycles. The number of benzene rings is 2. The number of β-lactam (4-membered cyclic amide) rings is 1. The summed E-state index contributed by atoms with van der Waals surface area (Å²) >= 11 is 2.41. The van der Waals surface area contributed by atoms with E-state index in [0.717, 1.165) is 23.1 Å². The Labute approximate surface area is 224 Å². The fraction of sp³-hybridized carbons (Fsp3) is 0.250. The molecule has 2 aliphatic heterocycles. The van der Waals surface area contributed by atoms with Gasteiger partial charge in [-0.25, -0.2) is 13.9 Å². The zero-order valence-electron chi connectivity index (χ0n) is 19.9. The minimum atomic E-state index is -1.46. The van der Waals surface area contributed by atoms with Gasteiger partial charge >= 0.3 is 5.97 Å². The molecule has 1 fully saturated rings. The van der Waals surface area contributed by atoms with Gasteiger partial charge in [-0.1, -0.05) is 72.4 Å². The van der Waals surface area contributed by atoms with E-state index in [1.807, 2.05) is 60.7 Å². The number of esters is 1. The molecule has 37 heavy (non-hydrogen) atoms. The third kappa shape index (κ3) is 4.98. The molecule has 2 aromatic carbocycles. The number of hydrogen-bond donors (Lipinski definition) is 0. The zero-order valence-corrected chi connectivity index (χ0v) is 22.3. The Morgan fingerprint density at radius 3 is 2.38 bits per heavy atom. The number of aryl methyl sites for hydroxylation is 1. The van der Waals surface area contributed by atoms with Gasteiger partial charge in [-0.2, -0.15) is 0 Å². The lowest BCUT2D eigenvalue weighted by molar-refractivity contribution is -0.147. The van der Waals surface area contributed by atoms with Gasteiger partial charge in [-0.05, 0) is 39.1 Å². The predicted octanol–water partition coefficient (Wildman–Crippen LogP) is 2.54. The third-order valence-electron chi connectivity index (χ3n) is 5.82. The average Bonchev–Trinajstić information content (AvgIpc) is 3.34. The maximum atomic E-state index is 13.8. The molecule has 3 aromatic rings. The summed E-state index contributed by atoms with van der Waals surface area (Å²) in [6.07, 6.45) is 1.03. The molecule has 10 nitrogen and oxygen atoms in total. The molecule has 1 amide bonds. The second kappa shape index (κ2) is 11.0. The number of fused-ring (bicyclic) bond motifs is 1. The molecule has 1 saturated heterocycles. The number of amides is 1. The number of aromatic nitrogens is 4. The number of carbonyl (C=O) groups excluding carboxylic acids is 2. The second-order valence-corrected chi connectivity index (χ2v) is 11.1. The van der Waals surface area contributed by atoms with Crippen LogP contribution in [-0.4, -0.2) is 70.0 Å². The summed E-state index contributed by atoms with van der Waals surface area (Å²) in [5, 5.41) is 11.2. The summed E-state index contributed by atoms with van der Waals surface area (Å²) in [5.41, 5.74) is 2.42. The highest BCUT2D eigenvalue weighted by Gasteiger charge is 2.55. The number of nitrogens with zero attached hydrogens (tertiary/aromatic N) is 6. The first-order valence-electron chi connectivity index (χ1n) is 11.2. The summed E-state index contributed by atoms with van der Waals surface area (Å²) in [7, 11) is 0.241. The third-order valence-corrected chi connectivity index (χ3v) is 8.86. The van der Waals surface area contributed by atoms with Crippen molar-refractivity contribution >= 4 is 52.1 Å². The van der Waals surface area contributed by atoms with Gasteiger partial charge in [0.05, 0.1) is 16.6 Å². The van der Waals surface area contributed by atoms with E-state index in [-0.39, 0.29) is 22.9 Å². The molecule has 0 saturated carbocycles. The highest BCUT2D eigenvalue weighted by molar-refractivity contribution is 7.99. The Balaban J connectivity index is 1.52. The topological polar surface area (TPSA) is 120 Å². The first kappa shape index (κ1) is 25.4. The Hall–Kier alpha value is -3.29. The quantitative estimate of drug-likeness (QED) is 0.179. The zero-order chi connectivity index (χ0) is 25.9. The van der Waals surface area contributed by atoms with E-state index in [1.54, 1.807) is 13.3 Å². The van der Waals surface area contributed by atoms with Crippen LogP contribution in [0.15, 0.2) is 81.5 Å². The summed E-state index contributed by atoms with van der Waals surface area (Å²) < 4.78 is 24.9. The normalized spacial score (nSPS) is 20.2. The van der Waals surface area contributed by atoms with Gasteiger partial charge in [-0.15, -0.1) is 5.10 Å². The van der Waals surface area contributed by atoms with Gasteiger partial charge in [0, 0.05) is 19.1 Å². The van der Waals surface area contributed by atoms with Crippen LogP contribution in [0.3, 0.4) is 0 Å². The van der Waals surface area contributed by atoms with Gasteiger partial charge in [0.25, 0.3) is 5.91 Å². The molecule has 2 aliphatic rings. The fourth-order valence-electron chi connectivity index (χ4n) is 4.12. The molecule has 1 unspecified atom stereocenters. The molecule has 0 N–H and O–H groups in total. The Kier molecular flexibility index (Phi) is 7.53. The summed E-state index contributed by atoms with van der Waals surface area (Å²) in [4.78, 5) is 28.2. The largest absolute Gasteiger partial charge is 0.448 e. The minimum absolute atomic E-state index is 0.103. The van der Waals surface area contributed by atoms with Crippen LogP contribution in [0.4, 0.5) is 0 Å². The molecular formula is C24H22N6O4S3. The second-order valence-electron chi connectivity index (χ2n) is 8.14. The molecule has 0 aliphatic carbocycles. The molecule has 0 radical (unpaired) electrons. The van der Waals surface area contributed by atoms with Crippen molar-refractivity contribution < 1.29 is 18.5 Å². The first-order valence-corrected chi connectivity index (χ1v) is 14.7. The van der Waals surface area contributed by atoms with Crippen LogP contribution in [-0.2, 0) is 32.2 Å². The fourth-order valence-corrected chi connectivity index (χ4v) is 7.13. The number of carbonyl (C=O) groups is 2. The van der Waals surface area contributed by atoms with E-state index in [0.29, 0.717) is 10.7 Å². The van der Waals surface area contributed by atoms with Crippen LogP contribution in [0.25, 0.3) is 0 Å². The Morgan fingerprint density at radius 2 is 1.81 bits per heavy atom. The van der Waals surface area contributed by atoms with Crippen LogP contribution >= 0.6 is 23.7 Å². The van der Waals surface area contributed by atoms with Crippen molar-refractivity contribution in [1.82, 2.24) is 25.1 Å². The summed E-state index contributed by atoms with van der Waals surface area (Å²) in [6, 6.07) is 18.8. The summed E-state index contributed by atoms with van der Waals surface area (Å²) in [5.74, 6) is -0.746. The van der Waals surface area contributed by atoms with Crippen LogP contribution < -0.4 is 0 Å². The van der Waals surface area contributed by atoms with Crippen LogP contribution in [0.1, 0.15) is 17.2 Å². The highest BCUT2D eigenvalue weighted by atomic mass is 32.2. The van der Waals surface area contributed by atoms with E-state index < -0.39 is 34.2 Å². The Bertz CT molecular complexity index is 1370. The maximum Gasteiger partial charge on any atom is 0.356 e. The predicted molar refractivity (Wildman–Crippen MR) is 142 cm³/mol. The van der Waals surface area contributed by atoms with Gasteiger partial charge < -0.3 is 4.74 Å². The van der Waals surface area contributed by atoms with E-state index in [1.165, 1.54) is 21.3 Å². The molecule has 1 aromatic heterocycles. The lowest BCUT2D eigenvalue weighted by Crippen LogP contribution is -2.66. The lowest BCUT2D eigenvalue weighted by atomic mass is 10.0. The van der Waals surface area contributed by atoms with Crippen molar-refractivity contribution in [3.63, 3.8) is 0 Å². The number of rotatable bonds is 8. The van der Waals surface area contributed by atoms with Gasteiger partial charge in [0.2, 0.25) is 5.16 Å². The molecular weight excluding hydrogens is 533 g/mol. The SMILES string of the molecule is CSN=C1C(=O)N2C(C(=O)OC(c3ccccc3)c3ccccc3)=C(CSc3nnnn3C)CS(=O)[C@H]12. The van der Waals surface area contributed by atoms with Gasteiger partial charge in [0.15, 0.2) is 11.5 Å². The molecule has 5 rings (SSSR count). The Morgan fingerprint density at radius 1 is 1.16 bits per heavy atom. The van der Waals surface area contributed by atoms with Crippen LogP contribution in [0, 0.1) is 0 Å². The van der Waals surface area contributed by atoms with Crippen LogP contribution in [0.2, 0.25) is 0 Å². The number of thioether (sulfide) groups is 1. The van der Waals surface area contributed by atoms with E-state index >= 15 is 0 Å². The van der Waals surface area contributed by atoms with Crippen molar-refractivity contribution in [2.75, 3.05) is 17.8 Å². The molecule has 190 valence electrons. The number of hydrogen-bond acceptors (Lipinski definition) is 10. The van der Waals surface area contributed by atoms with Crippen LogP contribution in [0.5, 0.6) is 0 Å². The monoisotopic (exact) mass is 554 g/mol. The highest BCUT2D eigenvalue weighted by Crippen LogP contribution is 2.37. The summed E-state index contributed by atoms with van der Waals surface area (Å²) in [6.45, 7) is 0. The van der Waals surface area contributed by atoms with Gasteiger partial charge in [0.1, 0.15) is 11.4 Å². The first-order chi connectivity index (χ1) is 18.0. The maximum absolute atomic E-state index is 13.8. The molecule has 0 spiro atoms. The van der Waals surface area contributed by atoms with Crippen molar-refractivity contribution in [3.05, 3.63) is 83.1 Å². The van der Waals surface area contributed by atoms with Gasteiger partial charge in [-0.3, -0.25) is 13.9 Å². The standard InChI is InChI=1S/C24H22N6O4S3/c1-29-24(25-27-28-29)36-13-17-14-37(33)22-18(26-35-2)21(31)30(22)19(17)23(32)34-20(15-9-5-3-6-10-15)16-11-7-4-8-12-16/h3-12,20,22H,13-14H2,1-2H3/t22-,37?/m1/s1. The average molecular weight is 555 g/mol. The van der Waals surface area contributed by atoms with Crippen molar-refractivity contribution in [1.29, 1.82) is 0 Å². The van der Waals surface area contributed by atoms with E-state index in [2.05, 4.69) is 19.9 Å². The molecule has 13 heteroatoms. The lowest BCUT2D eigenvalue weighted by Gasteiger charge is -2.44. The minimum Gasteiger partial charge on any atom is -0.448 e. The van der Waals surface area contributed by atoms with E-state index in [4.69, 9.17) is 4.74 Å². The smallest absolute Gasteiger partial charge is 0.356 e. The van der Waals surface area contributed by atoms with E-state index in [9.17, 15) is 13.8 Å². The molecule has 0 bridgehead atoms. The van der Waals surface area contributed by atoms with Crippen molar-refractivity contribution in [3.8, 4) is 0 Å². The number of tetrazole rings is 1. The van der Waals surface area contributed by atoms with Crippen molar-refractivity contribution in [2.24, 2.45) is 11.4 Å². The molecule has 2 atom stereocenters. The number of ether oxygens (including phenoxy) is 1. The van der Waals surface area contributed by atoms with Crippen molar-refractivity contribution in [2.45, 2.75) is 16.6 Å².